The molecule has 4 heteroatoms. The van der Waals surface area contributed by atoms with Gasteiger partial charge in [0.1, 0.15) is 0 Å². The topological polar surface area (TPSA) is 0 Å². The second-order valence-electron chi connectivity index (χ2n) is 0. The van der Waals surface area contributed by atoms with Crippen LogP contribution in [0.2, 0.25) is 0 Å². The van der Waals surface area contributed by atoms with E-state index in [1.54, 1.807) is 0 Å². The monoisotopic (exact) mass is 108 g/mol. The van der Waals surface area contributed by atoms with Gasteiger partial charge in [0, 0.05) is 0 Å². The molecular formula is H4ClNa3. The van der Waals surface area contributed by atoms with Gasteiger partial charge in [-0.05, 0) is 0 Å². The molecule has 14 valence electrons. The molecule has 0 aromatic heterocycles. The summed E-state index contributed by atoms with van der Waals surface area (Å²) >= 11 is 0. The number of halogens is 1. The van der Waals surface area contributed by atoms with Gasteiger partial charge in [0.2, 0.25) is 0 Å². The predicted octanol–water partition coefficient (Wildman–Crippen LogP) is -8.23. The second-order valence-corrected chi connectivity index (χ2v) is 0. The minimum Gasteiger partial charge on any atom is -1.00 e. The fourth-order valence-corrected chi connectivity index (χ4v) is 0. The zero-order chi connectivity index (χ0) is 0. The van der Waals surface area contributed by atoms with Crippen LogP contribution in [0.5, 0.6) is 0 Å². The van der Waals surface area contributed by atoms with Gasteiger partial charge >= 0.3 is 88.7 Å². The molecule has 0 aliphatic carbocycles. The molecule has 4 heavy (non-hydrogen) atoms. The van der Waals surface area contributed by atoms with Gasteiger partial charge in [-0.3, -0.25) is 0 Å². The Labute approximate surface area is 103 Å². The van der Waals surface area contributed by atoms with Gasteiger partial charge < -0.3 is 4.28 Å². The smallest absolute Gasteiger partial charge is 1.00 e. The molecule has 0 N–H and O–H groups in total. The predicted molar refractivity (Wildman–Crippen MR) is 10.6 cm³/mol. The van der Waals surface area contributed by atoms with E-state index in [1.165, 1.54) is 0 Å². The fourth-order valence-electron chi connectivity index (χ4n) is 0. The van der Waals surface area contributed by atoms with Gasteiger partial charge in [-0.1, -0.05) is 0 Å². The third kappa shape index (κ3) is 8.99. The van der Waals surface area contributed by atoms with E-state index in [1.807, 2.05) is 0 Å². The zero-order valence-electron chi connectivity index (χ0n) is 6.41. The summed E-state index contributed by atoms with van der Waals surface area (Å²) in [6.45, 7) is 0. The van der Waals surface area contributed by atoms with Gasteiger partial charge in [0.15, 0.2) is 0 Å². The molecule has 0 bridgehead atoms. The van der Waals surface area contributed by atoms with Crippen molar-refractivity contribution in [2.75, 3.05) is 0 Å². The van der Waals surface area contributed by atoms with Crippen LogP contribution in [0.1, 0.15) is 4.28 Å². The molecule has 0 aliphatic rings. The first-order chi connectivity index (χ1) is 0. The third-order valence-corrected chi connectivity index (χ3v) is 0. The Balaban J connectivity index is 0. The molecule has 0 unspecified atom stereocenters. The van der Waals surface area contributed by atoms with Crippen molar-refractivity contribution in [3.05, 3.63) is 0 Å². The van der Waals surface area contributed by atoms with Crippen molar-refractivity contribution in [2.45, 2.75) is 0 Å². The molecule has 0 nitrogen and oxygen atoms in total. The van der Waals surface area contributed by atoms with E-state index >= 15 is 0 Å². The molecule has 0 saturated heterocycles. The Kier molecular flexibility index (Phi) is 108. The summed E-state index contributed by atoms with van der Waals surface area (Å²) < 4.78 is 0. The largest absolute Gasteiger partial charge is 1.00 e. The Morgan fingerprint density at radius 3 is 0.750 bits per heavy atom. The Hall–Kier alpha value is 3.29. The summed E-state index contributed by atoms with van der Waals surface area (Å²) in [6, 6.07) is 0. The maximum atomic E-state index is 0. The molecule has 0 radical (unpaired) electrons. The molecule has 0 aliphatic heterocycles. The molecule has 0 amide bonds. The van der Waals surface area contributed by atoms with Crippen molar-refractivity contribution in [2.24, 2.45) is 0 Å². The standard InChI is InChI=1S/ClH.3Na.3H/h1H;;;;;;/q;3*+1;3*-1. The van der Waals surface area contributed by atoms with Crippen molar-refractivity contribution < 1.29 is 93.0 Å². The zero-order valence-corrected chi connectivity index (χ0v) is 10.2. The van der Waals surface area contributed by atoms with Crippen molar-refractivity contribution >= 4 is 12.4 Å². The van der Waals surface area contributed by atoms with E-state index in [-0.39, 0.29) is 105 Å². The van der Waals surface area contributed by atoms with Crippen molar-refractivity contribution in [1.82, 2.24) is 0 Å². The molecule has 0 heterocycles. The van der Waals surface area contributed by atoms with E-state index in [0.717, 1.165) is 0 Å². The number of hydrogen-bond donors (Lipinski definition) is 0. The molecule has 0 fully saturated rings. The van der Waals surface area contributed by atoms with Crippen molar-refractivity contribution in [3.63, 3.8) is 0 Å². The minimum atomic E-state index is 0. The molecule has 0 atom stereocenters. The number of rotatable bonds is 0. The average Bonchev–Trinajstić information content (AvgIpc) is 0. The molecule has 0 rings (SSSR count). The summed E-state index contributed by atoms with van der Waals surface area (Å²) in [4.78, 5) is 0. The molecular weight excluding hydrogens is 104 g/mol. The first-order valence-corrected chi connectivity index (χ1v) is 0. The van der Waals surface area contributed by atoms with Gasteiger partial charge in [-0.25, -0.2) is 0 Å². The van der Waals surface area contributed by atoms with Crippen LogP contribution in [0.3, 0.4) is 0 Å². The first kappa shape index (κ1) is 26.6. The van der Waals surface area contributed by atoms with Crippen LogP contribution in [0, 0.1) is 0 Å². The normalized spacial score (nSPS) is 0. The third-order valence-electron chi connectivity index (χ3n) is 0. The van der Waals surface area contributed by atoms with Gasteiger partial charge in [-0.15, -0.1) is 12.4 Å². The van der Waals surface area contributed by atoms with E-state index in [4.69, 9.17) is 0 Å². The summed E-state index contributed by atoms with van der Waals surface area (Å²) in [7, 11) is 0. The van der Waals surface area contributed by atoms with E-state index in [2.05, 4.69) is 0 Å². The van der Waals surface area contributed by atoms with Gasteiger partial charge in [0.05, 0.1) is 0 Å². The van der Waals surface area contributed by atoms with Gasteiger partial charge in [-0.2, -0.15) is 0 Å². The molecule has 0 aromatic rings. The van der Waals surface area contributed by atoms with Crippen molar-refractivity contribution in [3.8, 4) is 0 Å². The van der Waals surface area contributed by atoms with E-state index in [9.17, 15) is 0 Å². The fraction of sp³-hybridized carbons (Fsp3) is 0. The molecule has 0 spiro atoms. The maximum absolute atomic E-state index is 0. The van der Waals surface area contributed by atoms with Crippen LogP contribution in [0.15, 0.2) is 0 Å². The summed E-state index contributed by atoms with van der Waals surface area (Å²) in [6.07, 6.45) is 0. The average molecular weight is 108 g/mol. The summed E-state index contributed by atoms with van der Waals surface area (Å²) in [5.74, 6) is 0. The SMILES string of the molecule is Cl.[H-].[H-].[H-].[Na+].[Na+].[Na+]. The Bertz CT molecular complexity index is 10.1. The number of hydrogen-bond acceptors (Lipinski definition) is 0. The van der Waals surface area contributed by atoms with Crippen LogP contribution in [-0.4, -0.2) is 0 Å². The minimum absolute atomic E-state index is 0. The van der Waals surface area contributed by atoms with E-state index in [0.29, 0.717) is 0 Å². The van der Waals surface area contributed by atoms with E-state index < -0.39 is 0 Å². The van der Waals surface area contributed by atoms with Crippen LogP contribution >= 0.6 is 12.4 Å². The van der Waals surface area contributed by atoms with Crippen molar-refractivity contribution in [1.29, 1.82) is 0 Å². The van der Waals surface area contributed by atoms with Gasteiger partial charge in [0.25, 0.3) is 0 Å². The Morgan fingerprint density at radius 2 is 0.750 bits per heavy atom. The quantitative estimate of drug-likeness (QED) is 0.271. The first-order valence-electron chi connectivity index (χ1n) is 0. The van der Waals surface area contributed by atoms with Crippen LogP contribution in [-0.2, 0) is 0 Å². The maximum Gasteiger partial charge on any atom is 1.00 e. The van der Waals surface area contributed by atoms with Crippen LogP contribution in [0.25, 0.3) is 0 Å². The van der Waals surface area contributed by atoms with Crippen LogP contribution < -0.4 is 88.7 Å². The second kappa shape index (κ2) is 16.3. The molecule has 0 aromatic carbocycles. The summed E-state index contributed by atoms with van der Waals surface area (Å²) in [5.41, 5.74) is 0. The molecule has 0 saturated carbocycles. The summed E-state index contributed by atoms with van der Waals surface area (Å²) in [5, 5.41) is 0. The van der Waals surface area contributed by atoms with Crippen LogP contribution in [0.4, 0.5) is 0 Å². The Morgan fingerprint density at radius 1 is 0.750 bits per heavy atom.